The minimum atomic E-state index is -1.84. The molecule has 0 amide bonds. The molecule has 2 atom stereocenters. The van der Waals surface area contributed by atoms with Crippen molar-refractivity contribution in [1.29, 1.82) is 0 Å². The normalized spacial score (nSPS) is 21.0. The highest BCUT2D eigenvalue weighted by Gasteiger charge is 2.41. The van der Waals surface area contributed by atoms with Crippen molar-refractivity contribution in [3.8, 4) is 0 Å². The summed E-state index contributed by atoms with van der Waals surface area (Å²) in [5.41, 5.74) is 0. The van der Waals surface area contributed by atoms with E-state index in [9.17, 15) is 5.11 Å². The van der Waals surface area contributed by atoms with Gasteiger partial charge in [0, 0.05) is 11.3 Å². The van der Waals surface area contributed by atoms with Crippen molar-refractivity contribution < 1.29 is 9.53 Å². The van der Waals surface area contributed by atoms with Crippen LogP contribution in [0, 0.1) is 5.92 Å². The van der Waals surface area contributed by atoms with E-state index in [1.807, 2.05) is 0 Å². The lowest BCUT2D eigenvalue weighted by molar-refractivity contribution is 0.0515. The third-order valence-electron chi connectivity index (χ3n) is 5.83. The Bertz CT molecular complexity index is 435. The molecule has 0 radical (unpaired) electrons. The van der Waals surface area contributed by atoms with E-state index in [4.69, 9.17) is 4.43 Å². The fraction of sp³-hybridized carbons (Fsp3) is 0.900. The number of aliphatic hydroxyl groups is 1. The minimum absolute atomic E-state index is 0.194. The van der Waals surface area contributed by atoms with Gasteiger partial charge in [-0.2, -0.15) is 0 Å². The molecule has 0 aromatic carbocycles. The molecule has 1 fully saturated rings. The van der Waals surface area contributed by atoms with Crippen LogP contribution in [0.5, 0.6) is 0 Å². The van der Waals surface area contributed by atoms with Crippen LogP contribution in [0.15, 0.2) is 8.48 Å². The Labute approximate surface area is 175 Å². The second-order valence-electron chi connectivity index (χ2n) is 8.90. The zero-order valence-electron chi connectivity index (χ0n) is 17.3. The molecule has 1 rings (SSSR count). The zero-order valence-corrected chi connectivity index (χ0v) is 21.3. The molecule has 148 valence electrons. The molecule has 0 aromatic rings. The Morgan fingerprint density at radius 2 is 1.80 bits per heavy atom. The number of allylic oxidation sites excluding steroid dienone is 1. The molecular formula is C20H39IO2SSi. The Morgan fingerprint density at radius 3 is 2.24 bits per heavy atom. The lowest BCUT2D eigenvalue weighted by Gasteiger charge is -2.43. The number of aliphatic hydroxyl groups excluding tert-OH is 1. The first kappa shape index (κ1) is 24.0. The van der Waals surface area contributed by atoms with E-state index < -0.39 is 14.4 Å². The van der Waals surface area contributed by atoms with Crippen LogP contribution in [0.2, 0.25) is 18.1 Å². The highest BCUT2D eigenvalue weighted by Crippen LogP contribution is 2.41. The summed E-state index contributed by atoms with van der Waals surface area (Å²) in [4.78, 5) is 1.14. The van der Waals surface area contributed by atoms with Crippen LogP contribution in [0.4, 0.5) is 0 Å². The zero-order chi connectivity index (χ0) is 19.3. The first-order chi connectivity index (χ1) is 11.5. The summed E-state index contributed by atoms with van der Waals surface area (Å²) in [5.74, 6) is 1.61. The van der Waals surface area contributed by atoms with Gasteiger partial charge in [-0.05, 0) is 75.7 Å². The van der Waals surface area contributed by atoms with Crippen LogP contribution in [-0.4, -0.2) is 31.4 Å². The largest absolute Gasteiger partial charge is 0.414 e. The van der Waals surface area contributed by atoms with Gasteiger partial charge in [-0.3, -0.25) is 0 Å². The fourth-order valence-corrected chi connectivity index (χ4v) is 6.33. The molecule has 1 aliphatic rings. The van der Waals surface area contributed by atoms with E-state index in [0.29, 0.717) is 5.92 Å². The van der Waals surface area contributed by atoms with Crippen LogP contribution in [-0.2, 0) is 4.43 Å². The summed E-state index contributed by atoms with van der Waals surface area (Å²) in [5, 5.41) is 11.2. The Morgan fingerprint density at radius 1 is 1.24 bits per heavy atom. The highest BCUT2D eigenvalue weighted by atomic mass is 127. The Kier molecular flexibility index (Phi) is 10.1. The number of thioether (sulfide) groups is 1. The third kappa shape index (κ3) is 7.47. The molecule has 2 nitrogen and oxygen atoms in total. The summed E-state index contributed by atoms with van der Waals surface area (Å²) in [6.07, 6.45) is 7.06. The van der Waals surface area contributed by atoms with Crippen LogP contribution in [0.1, 0.15) is 73.1 Å². The van der Waals surface area contributed by atoms with Gasteiger partial charge in [0.05, 0.1) is 12.2 Å². The van der Waals surface area contributed by atoms with Crippen LogP contribution < -0.4 is 0 Å². The van der Waals surface area contributed by atoms with Crippen molar-refractivity contribution in [1.82, 2.24) is 0 Å². The lowest BCUT2D eigenvalue weighted by atomic mass is 9.83. The van der Waals surface area contributed by atoms with Crippen molar-refractivity contribution >= 4 is 42.7 Å². The molecule has 1 N–H and O–H groups in total. The number of halogens is 1. The molecule has 1 saturated carbocycles. The van der Waals surface area contributed by atoms with Crippen molar-refractivity contribution in [3.63, 3.8) is 0 Å². The maximum absolute atomic E-state index is 11.0. The fourth-order valence-electron chi connectivity index (χ4n) is 3.31. The monoisotopic (exact) mass is 498 g/mol. The number of hydrogen-bond donors (Lipinski definition) is 1. The van der Waals surface area contributed by atoms with Crippen molar-refractivity contribution in [3.05, 3.63) is 8.48 Å². The van der Waals surface area contributed by atoms with Gasteiger partial charge >= 0.3 is 0 Å². The topological polar surface area (TPSA) is 29.5 Å². The molecule has 5 heteroatoms. The van der Waals surface area contributed by atoms with Crippen molar-refractivity contribution in [2.45, 2.75) is 103 Å². The molecule has 0 saturated heterocycles. The summed E-state index contributed by atoms with van der Waals surface area (Å²) in [7, 11) is -1.84. The molecular weight excluding hydrogens is 459 g/mol. The Hall–Kier alpha value is 0.957. The second-order valence-corrected chi connectivity index (χ2v) is 16.6. The molecule has 0 aliphatic heterocycles. The van der Waals surface area contributed by atoms with Gasteiger partial charge < -0.3 is 9.53 Å². The van der Waals surface area contributed by atoms with Crippen LogP contribution in [0.3, 0.4) is 0 Å². The average Bonchev–Trinajstić information content (AvgIpc) is 2.51. The summed E-state index contributed by atoms with van der Waals surface area (Å²) in [6, 6.07) is 0. The summed E-state index contributed by atoms with van der Waals surface area (Å²) in [6.45, 7) is 15.9. The van der Waals surface area contributed by atoms with Gasteiger partial charge in [0.2, 0.25) is 0 Å². The van der Waals surface area contributed by atoms with Crippen molar-refractivity contribution in [2.75, 3.05) is 5.75 Å². The van der Waals surface area contributed by atoms with Gasteiger partial charge in [0.1, 0.15) is 0 Å². The number of rotatable bonds is 8. The van der Waals surface area contributed by atoms with Crippen LogP contribution in [0.25, 0.3) is 0 Å². The van der Waals surface area contributed by atoms with Crippen molar-refractivity contribution in [2.24, 2.45) is 5.92 Å². The molecule has 1 aliphatic carbocycles. The van der Waals surface area contributed by atoms with Gasteiger partial charge in [-0.1, -0.05) is 47.0 Å². The minimum Gasteiger partial charge on any atom is -0.414 e. The predicted molar refractivity (Wildman–Crippen MR) is 124 cm³/mol. The Balaban J connectivity index is 2.96. The summed E-state index contributed by atoms with van der Waals surface area (Å²) < 4.78 is 8.08. The maximum Gasteiger partial charge on any atom is 0.192 e. The smallest absolute Gasteiger partial charge is 0.192 e. The van der Waals surface area contributed by atoms with E-state index in [2.05, 4.69) is 70.3 Å². The van der Waals surface area contributed by atoms with E-state index in [0.717, 1.165) is 17.1 Å². The quantitative estimate of drug-likeness (QED) is 0.285. The third-order valence-corrected chi connectivity index (χ3v) is 12.5. The van der Waals surface area contributed by atoms with E-state index in [1.165, 1.54) is 35.7 Å². The van der Waals surface area contributed by atoms with Crippen LogP contribution >= 0.6 is 34.4 Å². The number of hydrogen-bond acceptors (Lipinski definition) is 3. The van der Waals surface area contributed by atoms with E-state index in [1.54, 1.807) is 11.8 Å². The van der Waals surface area contributed by atoms with Gasteiger partial charge in [0.25, 0.3) is 0 Å². The van der Waals surface area contributed by atoms with E-state index in [-0.39, 0.29) is 11.1 Å². The second kappa shape index (κ2) is 10.5. The first-order valence-corrected chi connectivity index (χ1v) is 14.8. The lowest BCUT2D eigenvalue weighted by Crippen LogP contribution is -2.47. The SMILES string of the molecule is CCS/C(=C(\C)I)[C@H](O)CC(O[Si](C)(C)C(C)(C)C)C1CCCCC1. The van der Waals surface area contributed by atoms with Gasteiger partial charge in [0.15, 0.2) is 8.32 Å². The molecule has 0 bridgehead atoms. The highest BCUT2D eigenvalue weighted by molar-refractivity contribution is 14.1. The molecule has 0 spiro atoms. The van der Waals surface area contributed by atoms with Gasteiger partial charge in [-0.25, -0.2) is 0 Å². The molecule has 25 heavy (non-hydrogen) atoms. The molecule has 0 heterocycles. The molecule has 1 unspecified atom stereocenters. The maximum atomic E-state index is 11.0. The average molecular weight is 499 g/mol. The standard InChI is InChI=1S/C20H39IO2SSi/c1-8-24-19(15(2)21)17(22)14-18(16-12-10-9-11-13-16)23-25(6,7)20(3,4)5/h16-18,22H,8-14H2,1-7H3/b19-15+/t17-,18?/m1/s1. The first-order valence-electron chi connectivity index (χ1n) is 9.84. The molecule has 0 aromatic heterocycles. The predicted octanol–water partition coefficient (Wildman–Crippen LogP) is 7.13. The summed E-state index contributed by atoms with van der Waals surface area (Å²) >= 11 is 4.13. The van der Waals surface area contributed by atoms with E-state index >= 15 is 0 Å². The van der Waals surface area contributed by atoms with Gasteiger partial charge in [-0.15, -0.1) is 11.8 Å².